The minimum absolute atomic E-state index is 0.0781. The molecule has 28 heavy (non-hydrogen) atoms. The Balaban J connectivity index is 1.65. The number of nitrogens with zero attached hydrogens (tertiary/aromatic N) is 3. The van der Waals surface area contributed by atoms with Gasteiger partial charge in [-0.25, -0.2) is 14.7 Å². The van der Waals surface area contributed by atoms with E-state index in [1.165, 1.54) is 11.8 Å². The topological polar surface area (TPSA) is 64.4 Å². The van der Waals surface area contributed by atoms with Gasteiger partial charge < -0.3 is 9.30 Å². The predicted molar refractivity (Wildman–Crippen MR) is 109 cm³/mol. The molecule has 144 valence electrons. The summed E-state index contributed by atoms with van der Waals surface area (Å²) < 4.78 is 6.82. The maximum atomic E-state index is 12.3. The first-order chi connectivity index (χ1) is 13.5. The summed E-state index contributed by atoms with van der Waals surface area (Å²) in [7, 11) is 0. The number of hydrogen-bond donors (Lipinski definition) is 0. The third-order valence-electron chi connectivity index (χ3n) is 4.33. The lowest BCUT2D eigenvalue weighted by molar-refractivity contribution is -0.125. The molecule has 1 saturated heterocycles. The van der Waals surface area contributed by atoms with Gasteiger partial charge in [0.15, 0.2) is 5.16 Å². The minimum Gasteiger partial charge on any atom is -0.447 e. The summed E-state index contributed by atoms with van der Waals surface area (Å²) >= 11 is 13.6. The van der Waals surface area contributed by atoms with E-state index in [0.29, 0.717) is 27.3 Å². The second-order valence-corrected chi connectivity index (χ2v) is 7.93. The molecule has 0 unspecified atom stereocenters. The Bertz CT molecular complexity index is 1060. The first kappa shape index (κ1) is 19.1. The second-order valence-electron chi connectivity index (χ2n) is 6.17. The number of fused-ring (bicyclic) bond motifs is 1. The average Bonchev–Trinajstić information content (AvgIpc) is 3.25. The van der Waals surface area contributed by atoms with E-state index in [0.717, 1.165) is 16.0 Å². The van der Waals surface area contributed by atoms with Gasteiger partial charge in [0.05, 0.1) is 39.9 Å². The first-order valence-corrected chi connectivity index (χ1v) is 10.3. The molecule has 2 heterocycles. The summed E-state index contributed by atoms with van der Waals surface area (Å²) in [5, 5.41) is 1.51. The average molecular weight is 436 g/mol. The minimum atomic E-state index is -0.595. The molecule has 3 aromatic rings. The van der Waals surface area contributed by atoms with Crippen molar-refractivity contribution in [1.82, 2.24) is 14.5 Å². The molecule has 0 bridgehead atoms. The molecule has 2 amide bonds. The van der Waals surface area contributed by atoms with Gasteiger partial charge in [-0.05, 0) is 17.7 Å². The van der Waals surface area contributed by atoms with E-state index >= 15 is 0 Å². The third-order valence-corrected chi connectivity index (χ3v) is 6.01. The van der Waals surface area contributed by atoms with Gasteiger partial charge in [-0.15, -0.1) is 0 Å². The third kappa shape index (κ3) is 3.83. The lowest BCUT2D eigenvalue weighted by atomic mass is 10.2. The van der Waals surface area contributed by atoms with Crippen LogP contribution >= 0.6 is 35.0 Å². The number of carbonyl (C=O) groups excluding carboxylic acids is 2. The van der Waals surface area contributed by atoms with Gasteiger partial charge in [-0.2, -0.15) is 0 Å². The summed E-state index contributed by atoms with van der Waals surface area (Å²) in [6.45, 7) is 1.08. The van der Waals surface area contributed by atoms with Gasteiger partial charge in [-0.3, -0.25) is 4.79 Å². The molecule has 0 radical (unpaired) electrons. The van der Waals surface area contributed by atoms with E-state index in [1.807, 2.05) is 34.9 Å². The number of ether oxygens (including phenoxy) is 1. The van der Waals surface area contributed by atoms with Crippen LogP contribution in [-0.2, 0) is 16.1 Å². The molecule has 4 rings (SSSR count). The highest BCUT2D eigenvalue weighted by atomic mass is 35.5. The Labute approximate surface area is 175 Å². The lowest BCUT2D eigenvalue weighted by Crippen LogP contribution is -2.33. The monoisotopic (exact) mass is 435 g/mol. The van der Waals surface area contributed by atoms with Crippen LogP contribution in [0.3, 0.4) is 0 Å². The normalized spacial score (nSPS) is 13.9. The van der Waals surface area contributed by atoms with E-state index in [1.54, 1.807) is 12.1 Å². The summed E-state index contributed by atoms with van der Waals surface area (Å²) in [5.74, 6) is -0.226. The van der Waals surface area contributed by atoms with E-state index in [-0.39, 0.29) is 24.8 Å². The van der Waals surface area contributed by atoms with Crippen molar-refractivity contribution in [2.24, 2.45) is 0 Å². The Hall–Kier alpha value is -2.22. The molecule has 1 aliphatic rings. The summed E-state index contributed by atoms with van der Waals surface area (Å²) in [5.41, 5.74) is 2.61. The quantitative estimate of drug-likeness (QED) is 0.553. The maximum Gasteiger partial charge on any atom is 0.416 e. The van der Waals surface area contributed by atoms with Crippen LogP contribution in [0.5, 0.6) is 0 Å². The van der Waals surface area contributed by atoms with Gasteiger partial charge >= 0.3 is 6.09 Å². The van der Waals surface area contributed by atoms with Crippen molar-refractivity contribution < 1.29 is 14.3 Å². The number of halogens is 2. The van der Waals surface area contributed by atoms with E-state index in [2.05, 4.69) is 4.98 Å². The van der Waals surface area contributed by atoms with E-state index < -0.39 is 6.09 Å². The van der Waals surface area contributed by atoms with Crippen molar-refractivity contribution in [3.05, 3.63) is 58.1 Å². The molecule has 2 aromatic carbocycles. The summed E-state index contributed by atoms with van der Waals surface area (Å²) in [6, 6.07) is 13.4. The van der Waals surface area contributed by atoms with E-state index in [9.17, 15) is 9.59 Å². The summed E-state index contributed by atoms with van der Waals surface area (Å²) in [6.07, 6.45) is -0.595. The SMILES string of the molecule is O=C(CSc1nc2cc(Cl)c(Cl)cc2n1Cc1ccccc1)N1CCOC1=O. The molecule has 0 aliphatic carbocycles. The van der Waals surface area contributed by atoms with Gasteiger partial charge in [0.1, 0.15) is 6.61 Å². The van der Waals surface area contributed by atoms with Crippen molar-refractivity contribution in [3.8, 4) is 0 Å². The number of aromatic nitrogens is 2. The molecule has 6 nitrogen and oxygen atoms in total. The Kier molecular flexibility index (Phi) is 5.48. The van der Waals surface area contributed by atoms with Crippen molar-refractivity contribution >= 4 is 58.0 Å². The molecular weight excluding hydrogens is 421 g/mol. The van der Waals surface area contributed by atoms with Crippen LogP contribution < -0.4 is 0 Å². The highest BCUT2D eigenvalue weighted by Gasteiger charge is 2.28. The van der Waals surface area contributed by atoms with Gasteiger partial charge in [0.2, 0.25) is 5.91 Å². The largest absolute Gasteiger partial charge is 0.447 e. The van der Waals surface area contributed by atoms with Crippen LogP contribution in [0.2, 0.25) is 10.0 Å². The molecule has 0 atom stereocenters. The molecular formula is C19H15Cl2N3O3S. The Morgan fingerprint density at radius 1 is 1.18 bits per heavy atom. The number of rotatable bonds is 5. The smallest absolute Gasteiger partial charge is 0.416 e. The number of imide groups is 1. The molecule has 1 aromatic heterocycles. The lowest BCUT2D eigenvalue weighted by Gasteiger charge is -2.12. The van der Waals surface area contributed by atoms with Crippen molar-refractivity contribution in [2.75, 3.05) is 18.9 Å². The maximum absolute atomic E-state index is 12.3. The fraction of sp³-hybridized carbons (Fsp3) is 0.211. The second kappa shape index (κ2) is 8.03. The van der Waals surface area contributed by atoms with Crippen LogP contribution in [0.25, 0.3) is 11.0 Å². The predicted octanol–water partition coefficient (Wildman–Crippen LogP) is 4.46. The number of carbonyl (C=O) groups is 2. The molecule has 1 aliphatic heterocycles. The molecule has 1 fully saturated rings. The van der Waals surface area contributed by atoms with Crippen LogP contribution in [0.4, 0.5) is 4.79 Å². The molecule has 0 spiro atoms. The highest BCUT2D eigenvalue weighted by molar-refractivity contribution is 7.99. The number of hydrogen-bond acceptors (Lipinski definition) is 5. The zero-order chi connectivity index (χ0) is 19.7. The summed E-state index contributed by atoms with van der Waals surface area (Å²) in [4.78, 5) is 29.7. The highest BCUT2D eigenvalue weighted by Crippen LogP contribution is 2.32. The molecule has 9 heteroatoms. The van der Waals surface area contributed by atoms with E-state index in [4.69, 9.17) is 27.9 Å². The van der Waals surface area contributed by atoms with Crippen molar-refractivity contribution in [3.63, 3.8) is 0 Å². The standard InChI is InChI=1S/C19H15Cl2N3O3S/c20-13-8-15-16(9-14(13)21)24(10-12-4-2-1-3-5-12)18(22-15)28-11-17(25)23-6-7-27-19(23)26/h1-5,8-9H,6-7,10-11H2. The van der Waals surface area contributed by atoms with Gasteiger partial charge in [0.25, 0.3) is 0 Å². The van der Waals surface area contributed by atoms with Gasteiger partial charge in [0, 0.05) is 0 Å². The zero-order valence-corrected chi connectivity index (χ0v) is 16.9. The Morgan fingerprint density at radius 3 is 2.64 bits per heavy atom. The van der Waals surface area contributed by atoms with Crippen molar-refractivity contribution in [2.45, 2.75) is 11.7 Å². The number of amides is 2. The number of benzene rings is 2. The number of thioether (sulfide) groups is 1. The fourth-order valence-electron chi connectivity index (χ4n) is 2.95. The van der Waals surface area contributed by atoms with Crippen LogP contribution in [0.1, 0.15) is 5.56 Å². The Morgan fingerprint density at radius 2 is 1.93 bits per heavy atom. The number of cyclic esters (lactones) is 1. The van der Waals surface area contributed by atoms with Crippen LogP contribution in [0, 0.1) is 0 Å². The number of imidazole rings is 1. The first-order valence-electron chi connectivity index (χ1n) is 8.52. The molecule has 0 saturated carbocycles. The fourth-order valence-corrected chi connectivity index (χ4v) is 4.16. The van der Waals surface area contributed by atoms with Crippen molar-refractivity contribution in [1.29, 1.82) is 0 Å². The molecule has 0 N–H and O–H groups in total. The van der Waals surface area contributed by atoms with Gasteiger partial charge in [-0.1, -0.05) is 65.3 Å². The van der Waals surface area contributed by atoms with Crippen LogP contribution in [-0.4, -0.2) is 45.4 Å². The zero-order valence-electron chi connectivity index (χ0n) is 14.6. The van der Waals surface area contributed by atoms with Crippen LogP contribution in [0.15, 0.2) is 47.6 Å².